The summed E-state index contributed by atoms with van der Waals surface area (Å²) >= 11 is 5.77. The van der Waals surface area contributed by atoms with Gasteiger partial charge in [-0.05, 0) is 18.6 Å². The van der Waals surface area contributed by atoms with Crippen molar-refractivity contribution < 1.29 is 9.90 Å². The molecule has 0 fully saturated rings. The maximum absolute atomic E-state index is 11.0. The van der Waals surface area contributed by atoms with Gasteiger partial charge in [-0.15, -0.1) is 0 Å². The largest absolute Gasteiger partial charge is 0.476 e. The smallest absolute Gasteiger partial charge is 0.356 e. The van der Waals surface area contributed by atoms with Gasteiger partial charge in [-0.1, -0.05) is 18.5 Å². The first-order chi connectivity index (χ1) is 9.01. The Kier molecular flexibility index (Phi) is 3.71. The lowest BCUT2D eigenvalue weighted by atomic mass is 10.3. The van der Waals surface area contributed by atoms with Gasteiger partial charge in [0, 0.05) is 13.2 Å². The summed E-state index contributed by atoms with van der Waals surface area (Å²) in [5.41, 5.74) is 1.51. The molecule has 2 aromatic heterocycles. The van der Waals surface area contributed by atoms with Crippen molar-refractivity contribution >= 4 is 29.1 Å². The average molecular weight is 281 g/mol. The first-order valence-electron chi connectivity index (χ1n) is 5.70. The maximum Gasteiger partial charge on any atom is 0.356 e. The van der Waals surface area contributed by atoms with Gasteiger partial charge in [-0.25, -0.2) is 9.78 Å². The van der Waals surface area contributed by atoms with Crippen LogP contribution < -0.4 is 5.32 Å². The van der Waals surface area contributed by atoms with Gasteiger partial charge >= 0.3 is 5.97 Å². The number of carboxylic acids is 1. The molecular weight excluding hydrogens is 268 g/mol. The van der Waals surface area contributed by atoms with Gasteiger partial charge in [0.2, 0.25) is 0 Å². The number of aromatic nitrogens is 3. The predicted octanol–water partition coefficient (Wildman–Crippen LogP) is 2.47. The van der Waals surface area contributed by atoms with Crippen molar-refractivity contribution in [3.05, 3.63) is 34.7 Å². The summed E-state index contributed by atoms with van der Waals surface area (Å²) in [4.78, 5) is 14.9. The standard InChI is InChI=1S/C12H13ClN4O2/c1-3-8-9(6-17(2)16-8)14-10-5-4-7(13)11(15-10)12(18)19/h4-6H,3H2,1-2H3,(H,14,15)(H,18,19). The molecule has 0 unspecified atom stereocenters. The molecular formula is C12H13ClN4O2. The summed E-state index contributed by atoms with van der Waals surface area (Å²) in [6.07, 6.45) is 2.58. The van der Waals surface area contributed by atoms with E-state index in [0.717, 1.165) is 17.8 Å². The highest BCUT2D eigenvalue weighted by molar-refractivity contribution is 6.33. The van der Waals surface area contributed by atoms with Gasteiger partial charge in [0.1, 0.15) is 5.82 Å². The SMILES string of the molecule is CCc1nn(C)cc1Nc1ccc(Cl)c(C(=O)O)n1. The molecule has 19 heavy (non-hydrogen) atoms. The molecule has 2 heterocycles. The number of carbonyl (C=O) groups is 1. The van der Waals surface area contributed by atoms with Crippen LogP contribution in [0.15, 0.2) is 18.3 Å². The van der Waals surface area contributed by atoms with Crippen LogP contribution in [-0.4, -0.2) is 25.8 Å². The lowest BCUT2D eigenvalue weighted by molar-refractivity contribution is 0.0691. The zero-order valence-corrected chi connectivity index (χ0v) is 11.3. The Bertz CT molecular complexity index is 624. The van der Waals surface area contributed by atoms with Crippen LogP contribution in [0.3, 0.4) is 0 Å². The van der Waals surface area contributed by atoms with E-state index in [-0.39, 0.29) is 10.7 Å². The number of halogens is 1. The second-order valence-electron chi connectivity index (χ2n) is 3.97. The second-order valence-corrected chi connectivity index (χ2v) is 4.38. The Morgan fingerprint density at radius 1 is 1.53 bits per heavy atom. The van der Waals surface area contributed by atoms with Crippen LogP contribution in [0.25, 0.3) is 0 Å². The van der Waals surface area contributed by atoms with Gasteiger partial charge < -0.3 is 10.4 Å². The molecule has 2 rings (SSSR count). The van der Waals surface area contributed by atoms with E-state index in [1.165, 1.54) is 6.07 Å². The third kappa shape index (κ3) is 2.85. The van der Waals surface area contributed by atoms with Crippen molar-refractivity contribution in [1.29, 1.82) is 0 Å². The third-order valence-electron chi connectivity index (χ3n) is 2.55. The molecule has 0 amide bonds. The van der Waals surface area contributed by atoms with E-state index < -0.39 is 5.97 Å². The number of anilines is 2. The first-order valence-corrected chi connectivity index (χ1v) is 6.08. The Hall–Kier alpha value is -2.08. The third-order valence-corrected chi connectivity index (χ3v) is 2.86. The highest BCUT2D eigenvalue weighted by Crippen LogP contribution is 2.22. The Morgan fingerprint density at radius 3 is 2.89 bits per heavy atom. The predicted molar refractivity (Wildman–Crippen MR) is 72.1 cm³/mol. The molecule has 0 saturated heterocycles. The Morgan fingerprint density at radius 2 is 2.26 bits per heavy atom. The highest BCUT2D eigenvalue weighted by Gasteiger charge is 2.13. The summed E-state index contributed by atoms with van der Waals surface area (Å²) in [5.74, 6) is -0.736. The summed E-state index contributed by atoms with van der Waals surface area (Å²) in [7, 11) is 1.82. The van der Waals surface area contributed by atoms with Crippen LogP contribution >= 0.6 is 11.6 Å². The van der Waals surface area contributed by atoms with Crippen molar-refractivity contribution in [2.75, 3.05) is 5.32 Å². The zero-order valence-electron chi connectivity index (χ0n) is 10.5. The van der Waals surface area contributed by atoms with Gasteiger partial charge in [0.25, 0.3) is 0 Å². The van der Waals surface area contributed by atoms with Crippen molar-refractivity contribution in [3.8, 4) is 0 Å². The minimum atomic E-state index is -1.16. The summed E-state index contributed by atoms with van der Waals surface area (Å²) in [6.45, 7) is 1.99. The maximum atomic E-state index is 11.0. The number of carboxylic acid groups (broad SMARTS) is 1. The van der Waals surface area contributed by atoms with Gasteiger partial charge in [0.05, 0.1) is 16.4 Å². The molecule has 100 valence electrons. The van der Waals surface area contributed by atoms with E-state index >= 15 is 0 Å². The van der Waals surface area contributed by atoms with Crippen molar-refractivity contribution in [2.45, 2.75) is 13.3 Å². The summed E-state index contributed by atoms with van der Waals surface area (Å²) < 4.78 is 1.69. The van der Waals surface area contributed by atoms with Gasteiger partial charge in [-0.3, -0.25) is 4.68 Å². The van der Waals surface area contributed by atoms with Crippen molar-refractivity contribution in [2.24, 2.45) is 7.05 Å². The number of aromatic carboxylic acids is 1. The normalized spacial score (nSPS) is 10.5. The monoisotopic (exact) mass is 280 g/mol. The summed E-state index contributed by atoms with van der Waals surface area (Å²) in [5, 5.41) is 16.4. The van der Waals surface area contributed by atoms with E-state index in [1.54, 1.807) is 10.7 Å². The van der Waals surface area contributed by atoms with Crippen LogP contribution in [0.1, 0.15) is 23.1 Å². The molecule has 0 aliphatic heterocycles. The van der Waals surface area contributed by atoms with Gasteiger partial charge in [-0.2, -0.15) is 5.10 Å². The summed E-state index contributed by atoms with van der Waals surface area (Å²) in [6, 6.07) is 3.13. The molecule has 0 aliphatic carbocycles. The second kappa shape index (κ2) is 5.27. The molecule has 0 aromatic carbocycles. The number of nitrogens with zero attached hydrogens (tertiary/aromatic N) is 3. The molecule has 0 bridgehead atoms. The minimum Gasteiger partial charge on any atom is -0.476 e. The molecule has 2 aromatic rings. The van der Waals surface area contributed by atoms with Crippen LogP contribution in [0.5, 0.6) is 0 Å². The van der Waals surface area contributed by atoms with Crippen molar-refractivity contribution in [1.82, 2.24) is 14.8 Å². The first kappa shape index (κ1) is 13.4. The minimum absolute atomic E-state index is 0.111. The Labute approximate surface area is 115 Å². The number of pyridine rings is 1. The fourth-order valence-corrected chi connectivity index (χ4v) is 1.89. The molecule has 0 aliphatic rings. The van der Waals surface area contributed by atoms with Crippen LogP contribution in [-0.2, 0) is 13.5 Å². The average Bonchev–Trinajstić information content (AvgIpc) is 2.71. The fourth-order valence-electron chi connectivity index (χ4n) is 1.70. The number of hydrogen-bond acceptors (Lipinski definition) is 4. The molecule has 0 saturated carbocycles. The fraction of sp³-hybridized carbons (Fsp3) is 0.250. The highest BCUT2D eigenvalue weighted by atomic mass is 35.5. The van der Waals surface area contributed by atoms with E-state index in [1.807, 2.05) is 20.2 Å². The lowest BCUT2D eigenvalue weighted by Gasteiger charge is -2.06. The van der Waals surface area contributed by atoms with Gasteiger partial charge in [0.15, 0.2) is 5.69 Å². The van der Waals surface area contributed by atoms with Crippen LogP contribution in [0.4, 0.5) is 11.5 Å². The topological polar surface area (TPSA) is 80.0 Å². The van der Waals surface area contributed by atoms with E-state index in [2.05, 4.69) is 15.4 Å². The molecule has 0 spiro atoms. The number of rotatable bonds is 4. The van der Waals surface area contributed by atoms with E-state index in [4.69, 9.17) is 16.7 Å². The molecule has 2 N–H and O–H groups in total. The number of aryl methyl sites for hydroxylation is 2. The molecule has 6 nitrogen and oxygen atoms in total. The van der Waals surface area contributed by atoms with E-state index in [0.29, 0.717) is 5.82 Å². The number of hydrogen-bond donors (Lipinski definition) is 2. The zero-order chi connectivity index (χ0) is 14.0. The van der Waals surface area contributed by atoms with Crippen LogP contribution in [0.2, 0.25) is 5.02 Å². The van der Waals surface area contributed by atoms with Crippen molar-refractivity contribution in [3.63, 3.8) is 0 Å². The molecule has 0 radical (unpaired) electrons. The van der Waals surface area contributed by atoms with E-state index in [9.17, 15) is 4.79 Å². The molecule has 0 atom stereocenters. The number of nitrogens with one attached hydrogen (secondary N) is 1. The quantitative estimate of drug-likeness (QED) is 0.899. The molecule has 7 heteroatoms. The lowest BCUT2D eigenvalue weighted by Crippen LogP contribution is -2.04. The Balaban J connectivity index is 2.33. The van der Waals surface area contributed by atoms with Crippen LogP contribution in [0, 0.1) is 0 Å².